The Hall–Kier alpha value is -1.46. The van der Waals surface area contributed by atoms with Gasteiger partial charge in [-0.25, -0.2) is 0 Å². The number of rotatable bonds is 3. The van der Waals surface area contributed by atoms with Crippen LogP contribution in [-0.2, 0) is 4.74 Å². The Kier molecular flexibility index (Phi) is 3.93. The summed E-state index contributed by atoms with van der Waals surface area (Å²) in [6.45, 7) is 1.28. The summed E-state index contributed by atoms with van der Waals surface area (Å²) in [6, 6.07) is 3.02. The number of primary amides is 1. The van der Waals surface area contributed by atoms with Crippen LogP contribution in [0.5, 0.6) is 5.75 Å². The predicted molar refractivity (Wildman–Crippen MR) is 68.9 cm³/mol. The first-order valence-electron chi connectivity index (χ1n) is 5.71. The molecule has 0 radical (unpaired) electrons. The maximum absolute atomic E-state index is 11.4. The Morgan fingerprint density at radius 2 is 2.06 bits per heavy atom. The summed E-state index contributed by atoms with van der Waals surface area (Å²) >= 11 is 6.05. The maximum atomic E-state index is 11.4. The van der Waals surface area contributed by atoms with E-state index in [-0.39, 0.29) is 11.7 Å². The smallest absolute Gasteiger partial charge is 0.252 e. The van der Waals surface area contributed by atoms with Crippen LogP contribution in [0, 0.1) is 0 Å². The molecule has 2 rings (SSSR count). The number of hydrogen-bond acceptors (Lipinski definition) is 4. The van der Waals surface area contributed by atoms with E-state index in [1.54, 1.807) is 6.07 Å². The fraction of sp³-hybridized carbons (Fsp3) is 0.417. The largest absolute Gasteiger partial charge is 0.488 e. The van der Waals surface area contributed by atoms with Gasteiger partial charge in [-0.15, -0.1) is 0 Å². The van der Waals surface area contributed by atoms with Crippen LogP contribution in [0.3, 0.4) is 0 Å². The minimum Gasteiger partial charge on any atom is -0.488 e. The molecule has 18 heavy (non-hydrogen) atoms. The summed E-state index contributed by atoms with van der Waals surface area (Å²) in [5.41, 5.74) is 11.5. The second kappa shape index (κ2) is 5.46. The highest BCUT2D eigenvalue weighted by molar-refractivity contribution is 6.33. The first kappa shape index (κ1) is 13.0. The molecule has 1 aromatic rings. The fourth-order valence-electron chi connectivity index (χ4n) is 1.88. The van der Waals surface area contributed by atoms with Gasteiger partial charge in [-0.2, -0.15) is 0 Å². The van der Waals surface area contributed by atoms with Crippen molar-refractivity contribution >= 4 is 23.2 Å². The molecule has 1 aliphatic rings. The molecule has 0 saturated carbocycles. The van der Waals surface area contributed by atoms with Crippen LogP contribution >= 0.6 is 11.6 Å². The zero-order chi connectivity index (χ0) is 13.1. The third-order valence-electron chi connectivity index (χ3n) is 2.78. The predicted octanol–water partition coefficient (Wildman–Crippen LogP) is 1.58. The number of carbonyl (C=O) groups is 1. The van der Waals surface area contributed by atoms with Gasteiger partial charge in [-0.1, -0.05) is 11.6 Å². The van der Waals surface area contributed by atoms with E-state index in [2.05, 4.69) is 0 Å². The zero-order valence-electron chi connectivity index (χ0n) is 9.82. The number of halogens is 1. The Balaban J connectivity index is 2.27. The standard InChI is InChI=1S/C12H15ClN2O3/c13-10-6-7(14)5-9(12(15)16)11(10)18-8-1-3-17-4-2-8/h5-6,8H,1-4,14H2,(H2,15,16). The SMILES string of the molecule is NC(=O)c1cc(N)cc(Cl)c1OC1CCOCC1. The van der Waals surface area contributed by atoms with Crippen LogP contribution in [0.1, 0.15) is 23.2 Å². The third-order valence-corrected chi connectivity index (χ3v) is 3.06. The molecule has 6 heteroatoms. The number of carbonyl (C=O) groups excluding carboxylic acids is 1. The monoisotopic (exact) mass is 270 g/mol. The molecule has 5 nitrogen and oxygen atoms in total. The molecular weight excluding hydrogens is 256 g/mol. The summed E-state index contributed by atoms with van der Waals surface area (Å²) < 4.78 is 11.0. The summed E-state index contributed by atoms with van der Waals surface area (Å²) in [5.74, 6) is -0.295. The van der Waals surface area contributed by atoms with Gasteiger partial charge >= 0.3 is 0 Å². The number of nitrogen functional groups attached to an aromatic ring is 1. The molecule has 1 aliphatic heterocycles. The molecule has 1 amide bonds. The molecule has 0 aliphatic carbocycles. The van der Waals surface area contributed by atoms with Gasteiger partial charge in [0.15, 0.2) is 5.75 Å². The van der Waals surface area contributed by atoms with E-state index in [0.717, 1.165) is 12.8 Å². The molecule has 1 fully saturated rings. The van der Waals surface area contributed by atoms with E-state index in [9.17, 15) is 4.79 Å². The minimum atomic E-state index is -0.605. The van der Waals surface area contributed by atoms with Gasteiger partial charge in [0, 0.05) is 18.5 Å². The highest BCUT2D eigenvalue weighted by Crippen LogP contribution is 2.33. The summed E-state index contributed by atoms with van der Waals surface area (Å²) in [7, 11) is 0. The molecule has 0 bridgehead atoms. The van der Waals surface area contributed by atoms with Crippen molar-refractivity contribution in [1.82, 2.24) is 0 Å². The van der Waals surface area contributed by atoms with Crippen molar-refractivity contribution in [1.29, 1.82) is 0 Å². The van der Waals surface area contributed by atoms with E-state index in [1.807, 2.05) is 0 Å². The molecule has 0 unspecified atom stereocenters. The van der Waals surface area contributed by atoms with Crippen molar-refractivity contribution < 1.29 is 14.3 Å². The number of ether oxygens (including phenoxy) is 2. The van der Waals surface area contributed by atoms with Gasteiger partial charge in [0.1, 0.15) is 6.10 Å². The minimum absolute atomic E-state index is 0.0158. The lowest BCUT2D eigenvalue weighted by molar-refractivity contribution is 0.0253. The van der Waals surface area contributed by atoms with Crippen LogP contribution in [0.15, 0.2) is 12.1 Å². The summed E-state index contributed by atoms with van der Waals surface area (Å²) in [5, 5.41) is 0.301. The van der Waals surface area contributed by atoms with Crippen molar-refractivity contribution in [3.63, 3.8) is 0 Å². The molecule has 4 N–H and O–H groups in total. The van der Waals surface area contributed by atoms with Crippen molar-refractivity contribution in [2.75, 3.05) is 18.9 Å². The summed E-state index contributed by atoms with van der Waals surface area (Å²) in [4.78, 5) is 11.4. The second-order valence-electron chi connectivity index (χ2n) is 4.17. The number of nitrogens with two attached hydrogens (primary N) is 2. The molecule has 1 saturated heterocycles. The van der Waals surface area contributed by atoms with Gasteiger partial charge in [-0.05, 0) is 12.1 Å². The highest BCUT2D eigenvalue weighted by atomic mass is 35.5. The highest BCUT2D eigenvalue weighted by Gasteiger charge is 2.21. The number of hydrogen-bond donors (Lipinski definition) is 2. The van der Waals surface area contributed by atoms with Gasteiger partial charge < -0.3 is 20.9 Å². The van der Waals surface area contributed by atoms with Gasteiger partial charge in [0.2, 0.25) is 0 Å². The van der Waals surface area contributed by atoms with Crippen LogP contribution < -0.4 is 16.2 Å². The molecule has 1 heterocycles. The van der Waals surface area contributed by atoms with Crippen LogP contribution in [0.25, 0.3) is 0 Å². The zero-order valence-corrected chi connectivity index (χ0v) is 10.6. The van der Waals surface area contributed by atoms with Gasteiger partial charge in [-0.3, -0.25) is 4.79 Å². The van der Waals surface area contributed by atoms with Crippen molar-refractivity contribution in [2.24, 2.45) is 5.73 Å². The molecule has 0 atom stereocenters. The fourth-order valence-corrected chi connectivity index (χ4v) is 2.15. The van der Waals surface area contributed by atoms with E-state index in [0.29, 0.717) is 29.7 Å². The molecular formula is C12H15ClN2O3. The molecule has 1 aromatic carbocycles. The van der Waals surface area contributed by atoms with Crippen molar-refractivity contribution in [2.45, 2.75) is 18.9 Å². The summed E-state index contributed by atoms with van der Waals surface area (Å²) in [6.07, 6.45) is 1.51. The van der Waals surface area contributed by atoms with Gasteiger partial charge in [0.25, 0.3) is 5.91 Å². The topological polar surface area (TPSA) is 87.6 Å². The van der Waals surface area contributed by atoms with Crippen LogP contribution in [-0.4, -0.2) is 25.2 Å². The van der Waals surface area contributed by atoms with E-state index >= 15 is 0 Å². The molecule has 0 aromatic heterocycles. The normalized spacial score (nSPS) is 16.5. The lowest BCUT2D eigenvalue weighted by Crippen LogP contribution is -2.27. The Morgan fingerprint density at radius 3 is 2.67 bits per heavy atom. The average Bonchev–Trinajstić information content (AvgIpc) is 2.33. The Morgan fingerprint density at radius 1 is 1.39 bits per heavy atom. The Bertz CT molecular complexity index is 459. The number of anilines is 1. The first-order valence-corrected chi connectivity index (χ1v) is 6.09. The van der Waals surface area contributed by atoms with Crippen molar-refractivity contribution in [3.8, 4) is 5.75 Å². The van der Waals surface area contributed by atoms with Crippen LogP contribution in [0.4, 0.5) is 5.69 Å². The quantitative estimate of drug-likeness (QED) is 0.816. The average molecular weight is 271 g/mol. The van der Waals surface area contributed by atoms with E-state index in [4.69, 9.17) is 32.5 Å². The number of benzene rings is 1. The number of amides is 1. The van der Waals surface area contributed by atoms with Crippen molar-refractivity contribution in [3.05, 3.63) is 22.7 Å². The van der Waals surface area contributed by atoms with E-state index in [1.165, 1.54) is 6.07 Å². The Labute approximate surface area is 110 Å². The molecule has 98 valence electrons. The lowest BCUT2D eigenvalue weighted by Gasteiger charge is -2.24. The lowest BCUT2D eigenvalue weighted by atomic mass is 10.1. The first-order chi connectivity index (χ1) is 8.58. The van der Waals surface area contributed by atoms with Crippen LogP contribution in [0.2, 0.25) is 5.02 Å². The maximum Gasteiger partial charge on any atom is 0.252 e. The molecule has 0 spiro atoms. The second-order valence-corrected chi connectivity index (χ2v) is 4.58. The van der Waals surface area contributed by atoms with E-state index < -0.39 is 5.91 Å². The van der Waals surface area contributed by atoms with Gasteiger partial charge in [0.05, 0.1) is 23.8 Å². The third kappa shape index (κ3) is 2.86.